The highest BCUT2D eigenvalue weighted by molar-refractivity contribution is 5.71. The third-order valence-electron chi connectivity index (χ3n) is 5.18. The van der Waals surface area contributed by atoms with Gasteiger partial charge in [-0.1, -0.05) is 38.1 Å². The summed E-state index contributed by atoms with van der Waals surface area (Å²) < 4.78 is 8.44. The second-order valence-corrected chi connectivity index (χ2v) is 9.92. The van der Waals surface area contributed by atoms with Crippen molar-refractivity contribution in [1.29, 1.82) is 0 Å². The van der Waals surface area contributed by atoms with Crippen LogP contribution < -0.4 is 5.56 Å². The minimum atomic E-state index is -0.966. The number of carbonyl (C=O) groups excluding carboxylic acids is 1. The van der Waals surface area contributed by atoms with E-state index in [1.54, 1.807) is 42.7 Å². The lowest BCUT2D eigenvalue weighted by Crippen LogP contribution is -2.31. The molecule has 0 unspecified atom stereocenters. The molecule has 0 spiro atoms. The lowest BCUT2D eigenvalue weighted by Gasteiger charge is -2.21. The van der Waals surface area contributed by atoms with Gasteiger partial charge in [-0.3, -0.25) is 9.59 Å². The molecule has 0 saturated heterocycles. The second kappa shape index (κ2) is 8.16. The lowest BCUT2D eigenvalue weighted by atomic mass is 9.97. The highest BCUT2D eigenvalue weighted by Crippen LogP contribution is 2.24. The Kier molecular flexibility index (Phi) is 6.04. The summed E-state index contributed by atoms with van der Waals surface area (Å²) in [5, 5.41) is 14.6. The smallest absolute Gasteiger partial charge is 0.326 e. The molecule has 0 aliphatic carbocycles. The van der Waals surface area contributed by atoms with Gasteiger partial charge in [0.1, 0.15) is 12.1 Å². The van der Waals surface area contributed by atoms with Crippen LogP contribution in [-0.4, -0.2) is 35.8 Å². The Morgan fingerprint density at radius 2 is 1.72 bits per heavy atom. The first-order valence-corrected chi connectivity index (χ1v) is 10.7. The SMILES string of the molecule is Cc1c(C(C)C)c(=O)n2nc(-c3ccc(C(C)(C)O)cc3)nc2n1CC(=O)OC(C)(C)C. The summed E-state index contributed by atoms with van der Waals surface area (Å²) >= 11 is 0. The molecule has 2 aromatic heterocycles. The summed E-state index contributed by atoms with van der Waals surface area (Å²) in [6.45, 7) is 14.5. The minimum Gasteiger partial charge on any atom is -0.459 e. The predicted molar refractivity (Wildman–Crippen MR) is 123 cm³/mol. The summed E-state index contributed by atoms with van der Waals surface area (Å²) in [4.78, 5) is 30.4. The van der Waals surface area contributed by atoms with E-state index >= 15 is 0 Å². The van der Waals surface area contributed by atoms with Crippen molar-refractivity contribution < 1.29 is 14.6 Å². The van der Waals surface area contributed by atoms with E-state index in [2.05, 4.69) is 10.1 Å². The van der Waals surface area contributed by atoms with Crippen LogP contribution in [0, 0.1) is 6.92 Å². The largest absolute Gasteiger partial charge is 0.459 e. The number of ether oxygens (including phenoxy) is 1. The zero-order valence-corrected chi connectivity index (χ0v) is 20.1. The van der Waals surface area contributed by atoms with Gasteiger partial charge < -0.3 is 14.4 Å². The number of aromatic nitrogens is 4. The summed E-state index contributed by atoms with van der Waals surface area (Å²) in [6, 6.07) is 7.22. The average Bonchev–Trinajstić information content (AvgIpc) is 3.08. The summed E-state index contributed by atoms with van der Waals surface area (Å²) in [5.41, 5.74) is 0.866. The van der Waals surface area contributed by atoms with Crippen molar-refractivity contribution in [2.75, 3.05) is 0 Å². The Bertz CT molecular complexity index is 1210. The number of rotatable bonds is 5. The van der Waals surface area contributed by atoms with Crippen LogP contribution in [0.4, 0.5) is 0 Å². The molecule has 0 atom stereocenters. The predicted octanol–water partition coefficient (Wildman–Crippen LogP) is 3.56. The van der Waals surface area contributed by atoms with E-state index in [9.17, 15) is 14.7 Å². The van der Waals surface area contributed by atoms with Crippen molar-refractivity contribution >= 4 is 11.7 Å². The maximum absolute atomic E-state index is 13.2. The van der Waals surface area contributed by atoms with E-state index in [1.165, 1.54) is 4.52 Å². The molecule has 172 valence electrons. The third-order valence-corrected chi connectivity index (χ3v) is 5.18. The molecular formula is C24H32N4O4. The van der Waals surface area contributed by atoms with Crippen LogP contribution in [0.15, 0.2) is 29.1 Å². The first kappa shape index (κ1) is 23.7. The highest BCUT2D eigenvalue weighted by Gasteiger charge is 2.24. The average molecular weight is 441 g/mol. The first-order valence-electron chi connectivity index (χ1n) is 10.7. The van der Waals surface area contributed by atoms with Gasteiger partial charge in [-0.25, -0.2) is 0 Å². The molecule has 32 heavy (non-hydrogen) atoms. The molecule has 0 saturated carbocycles. The van der Waals surface area contributed by atoms with Crippen LogP contribution in [0.3, 0.4) is 0 Å². The monoisotopic (exact) mass is 440 g/mol. The Hall–Kier alpha value is -3.00. The maximum atomic E-state index is 13.2. The highest BCUT2D eigenvalue weighted by atomic mass is 16.6. The fraction of sp³-hybridized carbons (Fsp3) is 0.500. The molecular weight excluding hydrogens is 408 g/mol. The topological polar surface area (TPSA) is 98.7 Å². The number of hydrogen-bond donors (Lipinski definition) is 1. The lowest BCUT2D eigenvalue weighted by molar-refractivity contribution is -0.155. The Labute approximate surface area is 187 Å². The Morgan fingerprint density at radius 1 is 1.12 bits per heavy atom. The van der Waals surface area contributed by atoms with Crippen LogP contribution >= 0.6 is 0 Å². The van der Waals surface area contributed by atoms with Crippen LogP contribution in [0.1, 0.15) is 71.2 Å². The van der Waals surface area contributed by atoms with E-state index in [4.69, 9.17) is 4.74 Å². The van der Waals surface area contributed by atoms with Gasteiger partial charge in [-0.15, -0.1) is 5.10 Å². The van der Waals surface area contributed by atoms with Crippen LogP contribution in [-0.2, 0) is 21.7 Å². The fourth-order valence-electron chi connectivity index (χ4n) is 3.69. The number of esters is 1. The number of carbonyl (C=O) groups is 1. The van der Waals surface area contributed by atoms with Crippen molar-refractivity contribution in [3.8, 4) is 11.4 Å². The number of hydrogen-bond acceptors (Lipinski definition) is 6. The number of fused-ring (bicyclic) bond motifs is 1. The van der Waals surface area contributed by atoms with Gasteiger partial charge in [-0.2, -0.15) is 9.50 Å². The van der Waals surface area contributed by atoms with Crippen molar-refractivity contribution in [3.63, 3.8) is 0 Å². The van der Waals surface area contributed by atoms with Gasteiger partial charge in [0.2, 0.25) is 5.78 Å². The number of benzene rings is 1. The van der Waals surface area contributed by atoms with Crippen LogP contribution in [0.25, 0.3) is 17.2 Å². The van der Waals surface area contributed by atoms with Crippen LogP contribution in [0.5, 0.6) is 0 Å². The third kappa shape index (κ3) is 4.75. The Balaban J connectivity index is 2.17. The molecule has 0 fully saturated rings. The van der Waals surface area contributed by atoms with E-state index in [-0.39, 0.29) is 23.8 Å². The molecule has 8 nitrogen and oxygen atoms in total. The molecule has 2 heterocycles. The second-order valence-electron chi connectivity index (χ2n) is 9.92. The maximum Gasteiger partial charge on any atom is 0.326 e. The van der Waals surface area contributed by atoms with Gasteiger partial charge in [-0.05, 0) is 53.0 Å². The van der Waals surface area contributed by atoms with Crippen LogP contribution in [0.2, 0.25) is 0 Å². The van der Waals surface area contributed by atoms with E-state index in [0.717, 1.165) is 5.56 Å². The summed E-state index contributed by atoms with van der Waals surface area (Å²) in [7, 11) is 0. The van der Waals surface area contributed by atoms with Crippen molar-refractivity contribution in [1.82, 2.24) is 19.2 Å². The molecule has 0 aliphatic heterocycles. The molecule has 0 aliphatic rings. The molecule has 0 radical (unpaired) electrons. The molecule has 3 aromatic rings. The Morgan fingerprint density at radius 3 is 2.22 bits per heavy atom. The zero-order chi connectivity index (χ0) is 24.0. The minimum absolute atomic E-state index is 0.0597. The first-order chi connectivity index (χ1) is 14.7. The van der Waals surface area contributed by atoms with Gasteiger partial charge in [0.25, 0.3) is 5.56 Å². The zero-order valence-electron chi connectivity index (χ0n) is 20.1. The normalized spacial score (nSPS) is 12.6. The number of aliphatic hydroxyl groups is 1. The van der Waals surface area contributed by atoms with Gasteiger partial charge in [0, 0.05) is 16.8 Å². The van der Waals surface area contributed by atoms with Gasteiger partial charge >= 0.3 is 5.97 Å². The molecule has 0 amide bonds. The summed E-state index contributed by atoms with van der Waals surface area (Å²) in [5.74, 6) is 0.169. The molecule has 0 bridgehead atoms. The molecule has 1 aromatic carbocycles. The van der Waals surface area contributed by atoms with Gasteiger partial charge in [0.15, 0.2) is 5.82 Å². The fourth-order valence-corrected chi connectivity index (χ4v) is 3.69. The number of nitrogens with zero attached hydrogens (tertiary/aromatic N) is 4. The van der Waals surface area contributed by atoms with Gasteiger partial charge in [0.05, 0.1) is 5.60 Å². The molecule has 1 N–H and O–H groups in total. The standard InChI is InChI=1S/C24H32N4O4/c1-14(2)19-15(3)27(13-18(29)32-23(4,5)6)22-25-20(26-28(22)21(19)30)16-9-11-17(12-10-16)24(7,8)31/h9-12,14,31H,13H2,1-8H3. The van der Waals surface area contributed by atoms with E-state index in [1.807, 2.05) is 41.5 Å². The summed E-state index contributed by atoms with van der Waals surface area (Å²) in [6.07, 6.45) is 0. The quantitative estimate of drug-likeness (QED) is 0.609. The molecule has 3 rings (SSSR count). The van der Waals surface area contributed by atoms with E-state index < -0.39 is 17.2 Å². The van der Waals surface area contributed by atoms with Crippen molar-refractivity contribution in [3.05, 3.63) is 51.4 Å². The molecule has 8 heteroatoms. The van der Waals surface area contributed by atoms with Crippen molar-refractivity contribution in [2.24, 2.45) is 0 Å². The van der Waals surface area contributed by atoms with E-state index in [0.29, 0.717) is 22.6 Å². The van der Waals surface area contributed by atoms with Crippen molar-refractivity contribution in [2.45, 2.75) is 79.1 Å².